The SMILES string of the molecule is CC(C)C[C@@H]1NC(=O)C[C@@H](C(=O)NCCCc2ccccc2)NC(=O)c2ccccc2OC[C@@H](Cc2ccccc2)NC1=O. The number of hydrogen-bond acceptors (Lipinski definition) is 5. The predicted molar refractivity (Wildman–Crippen MR) is 169 cm³/mol. The first-order valence-corrected chi connectivity index (χ1v) is 15.3. The van der Waals surface area contributed by atoms with Crippen LogP contribution in [0.3, 0.4) is 0 Å². The Hall–Kier alpha value is -4.66. The molecule has 9 heteroatoms. The number of benzene rings is 3. The Bertz CT molecular complexity index is 1400. The summed E-state index contributed by atoms with van der Waals surface area (Å²) in [5.74, 6) is -1.40. The van der Waals surface area contributed by atoms with Gasteiger partial charge in [0.15, 0.2) is 0 Å². The minimum absolute atomic E-state index is 0.0958. The van der Waals surface area contributed by atoms with Gasteiger partial charge in [-0.25, -0.2) is 0 Å². The third-order valence-electron chi connectivity index (χ3n) is 7.40. The van der Waals surface area contributed by atoms with Crippen LogP contribution in [0.2, 0.25) is 0 Å². The van der Waals surface area contributed by atoms with Gasteiger partial charge in [0.2, 0.25) is 17.7 Å². The highest BCUT2D eigenvalue weighted by Crippen LogP contribution is 2.20. The molecular weight excluding hydrogens is 556 g/mol. The Labute approximate surface area is 259 Å². The average molecular weight is 599 g/mol. The van der Waals surface area contributed by atoms with Crippen LogP contribution >= 0.6 is 0 Å². The summed E-state index contributed by atoms with van der Waals surface area (Å²) in [4.78, 5) is 53.6. The quantitative estimate of drug-likeness (QED) is 0.280. The van der Waals surface area contributed by atoms with E-state index in [9.17, 15) is 19.2 Å². The minimum atomic E-state index is -1.15. The monoisotopic (exact) mass is 598 g/mol. The summed E-state index contributed by atoms with van der Waals surface area (Å²) in [6.45, 7) is 4.41. The molecule has 0 aromatic heterocycles. The molecule has 0 spiro atoms. The van der Waals surface area contributed by atoms with Crippen molar-refractivity contribution in [2.24, 2.45) is 5.92 Å². The fourth-order valence-corrected chi connectivity index (χ4v) is 5.18. The molecule has 0 saturated carbocycles. The number of para-hydroxylation sites is 1. The van der Waals surface area contributed by atoms with Crippen molar-refractivity contribution in [1.82, 2.24) is 21.3 Å². The van der Waals surface area contributed by atoms with Gasteiger partial charge in [0.25, 0.3) is 5.91 Å². The van der Waals surface area contributed by atoms with E-state index in [1.807, 2.05) is 74.5 Å². The smallest absolute Gasteiger partial charge is 0.255 e. The summed E-state index contributed by atoms with van der Waals surface area (Å²) >= 11 is 0. The van der Waals surface area contributed by atoms with Gasteiger partial charge in [-0.1, -0.05) is 86.6 Å². The highest BCUT2D eigenvalue weighted by molar-refractivity contribution is 6.01. The first-order valence-electron chi connectivity index (χ1n) is 15.3. The molecule has 1 aliphatic heterocycles. The zero-order valence-corrected chi connectivity index (χ0v) is 25.4. The molecule has 232 valence electrons. The summed E-state index contributed by atoms with van der Waals surface area (Å²) in [5, 5.41) is 11.5. The summed E-state index contributed by atoms with van der Waals surface area (Å²) in [7, 11) is 0. The van der Waals surface area contributed by atoms with Gasteiger partial charge >= 0.3 is 0 Å². The van der Waals surface area contributed by atoms with Gasteiger partial charge in [0.05, 0.1) is 18.0 Å². The highest BCUT2D eigenvalue weighted by Gasteiger charge is 2.30. The zero-order valence-electron chi connectivity index (χ0n) is 25.4. The van der Waals surface area contributed by atoms with E-state index >= 15 is 0 Å². The van der Waals surface area contributed by atoms with Crippen molar-refractivity contribution in [2.45, 2.75) is 64.1 Å². The third-order valence-corrected chi connectivity index (χ3v) is 7.40. The normalized spacial score (nSPS) is 19.4. The Balaban J connectivity index is 1.54. The fourth-order valence-electron chi connectivity index (χ4n) is 5.18. The molecule has 44 heavy (non-hydrogen) atoms. The lowest BCUT2D eigenvalue weighted by atomic mass is 10.0. The van der Waals surface area contributed by atoms with Crippen molar-refractivity contribution in [2.75, 3.05) is 13.2 Å². The van der Waals surface area contributed by atoms with E-state index in [0.717, 1.165) is 17.5 Å². The van der Waals surface area contributed by atoms with Crippen molar-refractivity contribution in [3.05, 3.63) is 102 Å². The molecule has 9 nitrogen and oxygen atoms in total. The van der Waals surface area contributed by atoms with E-state index in [2.05, 4.69) is 21.3 Å². The number of carbonyl (C=O) groups is 4. The largest absolute Gasteiger partial charge is 0.491 e. The second kappa shape index (κ2) is 16.3. The number of hydrogen-bond donors (Lipinski definition) is 4. The molecule has 3 aromatic carbocycles. The first kappa shape index (κ1) is 32.3. The molecule has 0 fully saturated rings. The molecule has 0 saturated heterocycles. The number of ether oxygens (including phenoxy) is 1. The van der Waals surface area contributed by atoms with Crippen molar-refractivity contribution < 1.29 is 23.9 Å². The van der Waals surface area contributed by atoms with Crippen LogP contribution in [0.15, 0.2) is 84.9 Å². The van der Waals surface area contributed by atoms with E-state index in [4.69, 9.17) is 4.74 Å². The van der Waals surface area contributed by atoms with Crippen LogP contribution in [-0.4, -0.2) is 54.9 Å². The molecule has 0 aliphatic carbocycles. The lowest BCUT2D eigenvalue weighted by Gasteiger charge is -2.27. The number of amides is 4. The standard InChI is InChI=1S/C35H42N4O5/c1-24(2)20-29-35(43)37-27(21-26-14-7-4-8-15-26)23-44-31-18-10-9-17-28(31)33(41)39-30(22-32(40)38-29)34(42)36-19-11-16-25-12-5-3-6-13-25/h3-10,12-15,17-18,24,27,29-30H,11,16,19-23H2,1-2H3,(H,36,42)(H,37,43)(H,38,40)(H,39,41)/t27-,29+,30+/m1/s1. The molecule has 4 amide bonds. The summed E-state index contributed by atoms with van der Waals surface area (Å²) < 4.78 is 6.13. The number of aryl methyl sites for hydroxylation is 1. The first-order chi connectivity index (χ1) is 21.3. The summed E-state index contributed by atoms with van der Waals surface area (Å²) in [5.41, 5.74) is 2.40. The van der Waals surface area contributed by atoms with Crippen molar-refractivity contribution >= 4 is 23.6 Å². The number of carbonyl (C=O) groups excluding carboxylic acids is 4. The van der Waals surface area contributed by atoms with Crippen molar-refractivity contribution in [3.63, 3.8) is 0 Å². The van der Waals surface area contributed by atoms with Gasteiger partial charge in [-0.05, 0) is 54.9 Å². The van der Waals surface area contributed by atoms with Crippen LogP contribution in [0, 0.1) is 5.92 Å². The average Bonchev–Trinajstić information content (AvgIpc) is 3.01. The lowest BCUT2D eigenvalue weighted by Crippen LogP contribution is -2.54. The van der Waals surface area contributed by atoms with Gasteiger partial charge in [-0.2, -0.15) is 0 Å². The van der Waals surface area contributed by atoms with Crippen LogP contribution in [0.25, 0.3) is 0 Å². The highest BCUT2D eigenvalue weighted by atomic mass is 16.5. The Morgan fingerprint density at radius 2 is 1.52 bits per heavy atom. The predicted octanol–water partition coefficient (Wildman–Crippen LogP) is 3.57. The van der Waals surface area contributed by atoms with Gasteiger partial charge in [-0.15, -0.1) is 0 Å². The van der Waals surface area contributed by atoms with E-state index in [1.54, 1.807) is 24.3 Å². The van der Waals surface area contributed by atoms with E-state index < -0.39 is 35.8 Å². The van der Waals surface area contributed by atoms with Gasteiger partial charge in [0, 0.05) is 6.54 Å². The molecule has 1 heterocycles. The zero-order chi connectivity index (χ0) is 31.3. The molecule has 1 aliphatic rings. The Morgan fingerprint density at radius 3 is 2.23 bits per heavy atom. The van der Waals surface area contributed by atoms with Crippen molar-refractivity contribution in [1.29, 1.82) is 0 Å². The molecule has 0 radical (unpaired) electrons. The Kier molecular flexibility index (Phi) is 11.9. The van der Waals surface area contributed by atoms with Crippen LogP contribution < -0.4 is 26.0 Å². The second-order valence-electron chi connectivity index (χ2n) is 11.6. The maximum Gasteiger partial charge on any atom is 0.255 e. The van der Waals surface area contributed by atoms with Crippen LogP contribution in [-0.2, 0) is 27.2 Å². The van der Waals surface area contributed by atoms with Crippen LogP contribution in [0.4, 0.5) is 0 Å². The van der Waals surface area contributed by atoms with E-state index in [-0.39, 0.29) is 30.4 Å². The van der Waals surface area contributed by atoms with Gasteiger partial charge < -0.3 is 26.0 Å². The molecule has 4 rings (SSSR count). The lowest BCUT2D eigenvalue weighted by molar-refractivity contribution is -0.131. The molecule has 3 atom stereocenters. The van der Waals surface area contributed by atoms with E-state index in [0.29, 0.717) is 31.6 Å². The topological polar surface area (TPSA) is 126 Å². The number of fused-ring (bicyclic) bond motifs is 1. The molecule has 4 N–H and O–H groups in total. The fraction of sp³-hybridized carbons (Fsp3) is 0.371. The molecule has 0 bridgehead atoms. The van der Waals surface area contributed by atoms with Gasteiger partial charge in [0.1, 0.15) is 24.4 Å². The third kappa shape index (κ3) is 9.97. The molecular formula is C35H42N4O5. The maximum atomic E-state index is 13.5. The number of nitrogens with one attached hydrogen (secondary N) is 4. The van der Waals surface area contributed by atoms with E-state index in [1.165, 1.54) is 0 Å². The van der Waals surface area contributed by atoms with Crippen LogP contribution in [0.1, 0.15) is 54.6 Å². The second-order valence-corrected chi connectivity index (χ2v) is 11.6. The van der Waals surface area contributed by atoms with Crippen molar-refractivity contribution in [3.8, 4) is 5.75 Å². The summed E-state index contributed by atoms with van der Waals surface area (Å²) in [6, 6.07) is 24.0. The summed E-state index contributed by atoms with van der Waals surface area (Å²) in [6.07, 6.45) is 2.05. The molecule has 3 aromatic rings. The minimum Gasteiger partial charge on any atom is -0.491 e. The van der Waals surface area contributed by atoms with Crippen LogP contribution in [0.5, 0.6) is 5.75 Å². The number of rotatable bonds is 9. The molecule has 0 unspecified atom stereocenters. The maximum absolute atomic E-state index is 13.5. The van der Waals surface area contributed by atoms with Gasteiger partial charge in [-0.3, -0.25) is 19.2 Å². The Morgan fingerprint density at radius 1 is 0.864 bits per heavy atom.